The van der Waals surface area contributed by atoms with Gasteiger partial charge in [0.25, 0.3) is 0 Å². The van der Waals surface area contributed by atoms with E-state index in [0.717, 1.165) is 21.8 Å². The molecule has 96 valence electrons. The second-order valence-electron chi connectivity index (χ2n) is 4.96. The van der Waals surface area contributed by atoms with Crippen LogP contribution in [0.15, 0.2) is 61.2 Å². The van der Waals surface area contributed by atoms with Crippen LogP contribution in [0, 0.1) is 6.92 Å². The molecule has 0 bridgehead atoms. The van der Waals surface area contributed by atoms with Crippen LogP contribution in [0.25, 0.3) is 27.5 Å². The predicted octanol–water partition coefficient (Wildman–Crippen LogP) is 3.88. The van der Waals surface area contributed by atoms with E-state index in [1.54, 1.807) is 0 Å². The highest BCUT2D eigenvalue weighted by Gasteiger charge is 2.11. The minimum atomic E-state index is 1.14. The zero-order valence-corrected chi connectivity index (χ0v) is 11.1. The van der Waals surface area contributed by atoms with Crippen molar-refractivity contribution in [1.82, 2.24) is 14.5 Å². The Morgan fingerprint density at radius 2 is 1.50 bits per heavy atom. The summed E-state index contributed by atoms with van der Waals surface area (Å²) < 4.78 is 2.26. The third-order valence-corrected chi connectivity index (χ3v) is 3.63. The smallest absolute Gasteiger partial charge is 0.0572 e. The Bertz CT molecular complexity index is 868. The predicted molar refractivity (Wildman–Crippen MR) is 81.1 cm³/mol. The van der Waals surface area contributed by atoms with E-state index in [-0.39, 0.29) is 0 Å². The van der Waals surface area contributed by atoms with Gasteiger partial charge in [0.1, 0.15) is 0 Å². The molecule has 0 atom stereocenters. The molecule has 0 radical (unpaired) electrons. The van der Waals surface area contributed by atoms with Crippen molar-refractivity contribution in [2.45, 2.75) is 6.92 Å². The Labute approximate surface area is 116 Å². The van der Waals surface area contributed by atoms with Crippen molar-refractivity contribution in [2.24, 2.45) is 0 Å². The van der Waals surface area contributed by atoms with Crippen molar-refractivity contribution in [3.63, 3.8) is 0 Å². The standard InChI is InChI=1S/C17H13N3/c1-12-3-2-4-13(9-12)20-16-5-7-18-10-14(16)15-11-19-8-6-17(15)20/h2-11H,1H3. The molecule has 3 nitrogen and oxygen atoms in total. The fraction of sp³-hybridized carbons (Fsp3) is 0.0588. The Morgan fingerprint density at radius 1 is 0.850 bits per heavy atom. The number of aryl methyl sites for hydroxylation is 1. The van der Waals surface area contributed by atoms with Crippen LogP contribution >= 0.6 is 0 Å². The normalized spacial score (nSPS) is 11.2. The van der Waals surface area contributed by atoms with Gasteiger partial charge >= 0.3 is 0 Å². The molecule has 0 amide bonds. The maximum absolute atomic E-state index is 4.25. The van der Waals surface area contributed by atoms with E-state index in [1.165, 1.54) is 11.3 Å². The van der Waals surface area contributed by atoms with Crippen LogP contribution in [0.3, 0.4) is 0 Å². The zero-order valence-electron chi connectivity index (χ0n) is 11.1. The van der Waals surface area contributed by atoms with E-state index < -0.39 is 0 Å². The van der Waals surface area contributed by atoms with Crippen molar-refractivity contribution in [3.05, 3.63) is 66.7 Å². The average Bonchev–Trinajstić information content (AvgIpc) is 2.82. The molecule has 4 rings (SSSR count). The van der Waals surface area contributed by atoms with Crippen LogP contribution in [0.4, 0.5) is 0 Å². The lowest BCUT2D eigenvalue weighted by Gasteiger charge is -2.08. The van der Waals surface area contributed by atoms with Crippen molar-refractivity contribution in [2.75, 3.05) is 0 Å². The van der Waals surface area contributed by atoms with Gasteiger partial charge in [-0.2, -0.15) is 0 Å². The van der Waals surface area contributed by atoms with Gasteiger partial charge < -0.3 is 4.57 Å². The molecule has 0 fully saturated rings. The summed E-state index contributed by atoms with van der Waals surface area (Å²) in [7, 11) is 0. The van der Waals surface area contributed by atoms with Gasteiger partial charge in [-0.15, -0.1) is 0 Å². The quantitative estimate of drug-likeness (QED) is 0.519. The SMILES string of the molecule is Cc1cccc(-n2c3ccncc3c3cnccc32)c1. The van der Waals surface area contributed by atoms with E-state index >= 15 is 0 Å². The lowest BCUT2D eigenvalue weighted by molar-refractivity contribution is 1.16. The van der Waals surface area contributed by atoms with Crippen LogP contribution in [-0.4, -0.2) is 14.5 Å². The second kappa shape index (κ2) is 4.17. The van der Waals surface area contributed by atoms with Crippen molar-refractivity contribution in [1.29, 1.82) is 0 Å². The summed E-state index contributed by atoms with van der Waals surface area (Å²) in [6.07, 6.45) is 7.49. The minimum Gasteiger partial charge on any atom is -0.309 e. The number of nitrogens with zero attached hydrogens (tertiary/aromatic N) is 3. The largest absolute Gasteiger partial charge is 0.309 e. The number of fused-ring (bicyclic) bond motifs is 3. The summed E-state index contributed by atoms with van der Waals surface area (Å²) in [6.45, 7) is 2.11. The first-order valence-corrected chi connectivity index (χ1v) is 6.60. The molecule has 3 aromatic heterocycles. The van der Waals surface area contributed by atoms with Crippen LogP contribution in [-0.2, 0) is 0 Å². The molecular weight excluding hydrogens is 246 g/mol. The molecule has 0 aliphatic heterocycles. The molecule has 0 saturated carbocycles. The van der Waals surface area contributed by atoms with Gasteiger partial charge in [-0.1, -0.05) is 12.1 Å². The van der Waals surface area contributed by atoms with E-state index in [0.29, 0.717) is 0 Å². The molecule has 4 aromatic rings. The van der Waals surface area contributed by atoms with E-state index in [4.69, 9.17) is 0 Å². The molecule has 0 N–H and O–H groups in total. The maximum Gasteiger partial charge on any atom is 0.0572 e. The lowest BCUT2D eigenvalue weighted by atomic mass is 10.2. The molecule has 3 heterocycles. The first-order valence-electron chi connectivity index (χ1n) is 6.60. The Morgan fingerprint density at radius 3 is 2.10 bits per heavy atom. The maximum atomic E-state index is 4.25. The second-order valence-corrected chi connectivity index (χ2v) is 4.96. The average molecular weight is 259 g/mol. The van der Waals surface area contributed by atoms with Gasteiger partial charge in [0, 0.05) is 41.2 Å². The fourth-order valence-corrected chi connectivity index (χ4v) is 2.75. The number of hydrogen-bond donors (Lipinski definition) is 0. The van der Waals surface area contributed by atoms with Gasteiger partial charge in [-0.3, -0.25) is 9.97 Å². The minimum absolute atomic E-state index is 1.14. The number of pyridine rings is 2. The zero-order chi connectivity index (χ0) is 13.5. The first-order chi connectivity index (χ1) is 9.84. The Balaban J connectivity index is 2.21. The van der Waals surface area contributed by atoms with E-state index in [9.17, 15) is 0 Å². The van der Waals surface area contributed by atoms with E-state index in [2.05, 4.69) is 57.9 Å². The molecule has 0 unspecified atom stereocenters. The topological polar surface area (TPSA) is 30.7 Å². The fourth-order valence-electron chi connectivity index (χ4n) is 2.75. The molecule has 1 aromatic carbocycles. The molecule has 3 heteroatoms. The van der Waals surface area contributed by atoms with Gasteiger partial charge in [-0.05, 0) is 36.8 Å². The van der Waals surface area contributed by atoms with Crippen LogP contribution in [0.1, 0.15) is 5.56 Å². The van der Waals surface area contributed by atoms with Gasteiger partial charge in [0.15, 0.2) is 0 Å². The summed E-state index contributed by atoms with van der Waals surface area (Å²) in [5, 5.41) is 2.27. The summed E-state index contributed by atoms with van der Waals surface area (Å²) >= 11 is 0. The monoisotopic (exact) mass is 259 g/mol. The summed E-state index contributed by atoms with van der Waals surface area (Å²) in [5.41, 5.74) is 4.74. The molecule has 20 heavy (non-hydrogen) atoms. The third-order valence-electron chi connectivity index (χ3n) is 3.63. The molecule has 0 aliphatic carbocycles. The molecule has 0 saturated heterocycles. The highest BCUT2D eigenvalue weighted by molar-refractivity contribution is 6.08. The lowest BCUT2D eigenvalue weighted by Crippen LogP contribution is -1.94. The van der Waals surface area contributed by atoms with Crippen LogP contribution < -0.4 is 0 Å². The highest BCUT2D eigenvalue weighted by Crippen LogP contribution is 2.30. The molecule has 0 spiro atoms. The summed E-state index contributed by atoms with van der Waals surface area (Å²) in [4.78, 5) is 8.49. The first kappa shape index (κ1) is 11.2. The van der Waals surface area contributed by atoms with E-state index in [1.807, 2.05) is 24.8 Å². The van der Waals surface area contributed by atoms with Crippen molar-refractivity contribution < 1.29 is 0 Å². The number of benzene rings is 1. The van der Waals surface area contributed by atoms with Gasteiger partial charge in [-0.25, -0.2) is 0 Å². The number of hydrogen-bond acceptors (Lipinski definition) is 2. The number of rotatable bonds is 1. The number of aromatic nitrogens is 3. The van der Waals surface area contributed by atoms with Crippen LogP contribution in [0.2, 0.25) is 0 Å². The van der Waals surface area contributed by atoms with Crippen molar-refractivity contribution in [3.8, 4) is 5.69 Å². The summed E-state index contributed by atoms with van der Waals surface area (Å²) in [6, 6.07) is 12.6. The van der Waals surface area contributed by atoms with Gasteiger partial charge in [0.2, 0.25) is 0 Å². The van der Waals surface area contributed by atoms with Gasteiger partial charge in [0.05, 0.1) is 11.0 Å². The Hall–Kier alpha value is -2.68. The highest BCUT2D eigenvalue weighted by atomic mass is 15.0. The molecular formula is C17H13N3. The summed E-state index contributed by atoms with van der Waals surface area (Å²) in [5.74, 6) is 0. The Kier molecular flexibility index (Phi) is 2.33. The third kappa shape index (κ3) is 1.53. The molecule has 0 aliphatic rings. The van der Waals surface area contributed by atoms with Crippen LogP contribution in [0.5, 0.6) is 0 Å². The van der Waals surface area contributed by atoms with Crippen molar-refractivity contribution >= 4 is 21.8 Å².